The first-order valence-electron chi connectivity index (χ1n) is 3.69. The van der Waals surface area contributed by atoms with Gasteiger partial charge in [-0.25, -0.2) is 0 Å². The van der Waals surface area contributed by atoms with Gasteiger partial charge in [-0.05, 0) is 27.6 Å². The largest absolute Gasteiger partial charge is 0.314 e. The summed E-state index contributed by atoms with van der Waals surface area (Å²) in [6, 6.07) is 0.426. The van der Waals surface area contributed by atoms with Crippen molar-refractivity contribution in [2.24, 2.45) is 0 Å². The van der Waals surface area contributed by atoms with E-state index in [0.29, 0.717) is 6.04 Å². The predicted octanol–water partition coefficient (Wildman–Crippen LogP) is -0.0873. The molecule has 0 heterocycles. The Hall–Kier alpha value is -0.120. The Morgan fingerprint density at radius 3 is 1.80 bits per heavy atom. The highest BCUT2D eigenvalue weighted by Crippen LogP contribution is 1.99. The molecule has 0 saturated heterocycles. The molecule has 3 N–H and O–H groups in total. The summed E-state index contributed by atoms with van der Waals surface area (Å²) in [5.74, 6) is 0. The van der Waals surface area contributed by atoms with E-state index < -0.39 is 0 Å². The molecule has 61 valence electrons. The van der Waals surface area contributed by atoms with Gasteiger partial charge in [0.15, 0.2) is 0 Å². The molecule has 1 atom stereocenters. The van der Waals surface area contributed by atoms with Crippen molar-refractivity contribution in [3.05, 3.63) is 6.17 Å². The number of rotatable bonds is 5. The average Bonchev–Trinajstić information content (AvgIpc) is 2.00. The van der Waals surface area contributed by atoms with Gasteiger partial charge in [0, 0.05) is 6.04 Å². The van der Waals surface area contributed by atoms with Crippen molar-refractivity contribution >= 4 is 0 Å². The summed E-state index contributed by atoms with van der Waals surface area (Å²) in [6.07, 6.45) is 2.23. The highest BCUT2D eigenvalue weighted by molar-refractivity contribution is 4.92. The molecule has 0 aromatic carbocycles. The van der Waals surface area contributed by atoms with Crippen LogP contribution in [0, 0.1) is 6.17 Å². The van der Waals surface area contributed by atoms with Crippen LogP contribution in [0.1, 0.15) is 13.3 Å². The molecular weight excluding hydrogens is 126 g/mol. The number of hydrogen-bond acceptors (Lipinski definition) is 3. The van der Waals surface area contributed by atoms with Gasteiger partial charge in [0.2, 0.25) is 0 Å². The Bertz CT molecular complexity index is 57.3. The van der Waals surface area contributed by atoms with Crippen molar-refractivity contribution < 1.29 is 0 Å². The van der Waals surface area contributed by atoms with Crippen molar-refractivity contribution in [2.75, 3.05) is 21.1 Å². The molecule has 3 heteroatoms. The summed E-state index contributed by atoms with van der Waals surface area (Å²) < 4.78 is 0. The van der Waals surface area contributed by atoms with Crippen LogP contribution in [0.15, 0.2) is 0 Å². The van der Waals surface area contributed by atoms with E-state index in [1.807, 2.05) is 21.1 Å². The van der Waals surface area contributed by atoms with Crippen LogP contribution in [-0.4, -0.2) is 27.2 Å². The summed E-state index contributed by atoms with van der Waals surface area (Å²) in [7, 11) is 5.81. The van der Waals surface area contributed by atoms with Crippen molar-refractivity contribution in [2.45, 2.75) is 19.4 Å². The van der Waals surface area contributed by atoms with Crippen LogP contribution in [0.2, 0.25) is 0 Å². The van der Waals surface area contributed by atoms with Crippen LogP contribution in [0.5, 0.6) is 0 Å². The maximum Gasteiger partial charge on any atom is 0.118 e. The molecule has 1 radical (unpaired) electrons. The summed E-state index contributed by atoms with van der Waals surface area (Å²) in [5.41, 5.74) is 0. The smallest absolute Gasteiger partial charge is 0.118 e. The molecule has 1 unspecified atom stereocenters. The molecular formula is C7H18N3. The molecule has 0 aliphatic carbocycles. The molecule has 0 saturated carbocycles. The summed E-state index contributed by atoms with van der Waals surface area (Å²) in [4.78, 5) is 0. The van der Waals surface area contributed by atoms with Crippen molar-refractivity contribution in [3.8, 4) is 0 Å². The first-order chi connectivity index (χ1) is 4.79. The van der Waals surface area contributed by atoms with E-state index in [0.717, 1.165) is 12.6 Å². The second-order valence-corrected chi connectivity index (χ2v) is 2.16. The lowest BCUT2D eigenvalue weighted by Crippen LogP contribution is -2.45. The Balaban J connectivity index is 3.70. The quantitative estimate of drug-likeness (QED) is 0.505. The maximum absolute atomic E-state index is 3.19. The van der Waals surface area contributed by atoms with Gasteiger partial charge in [0.1, 0.15) is 6.17 Å². The molecule has 0 aromatic rings. The van der Waals surface area contributed by atoms with E-state index >= 15 is 0 Å². The van der Waals surface area contributed by atoms with Gasteiger partial charge in [-0.3, -0.25) is 10.6 Å². The summed E-state index contributed by atoms with van der Waals surface area (Å²) in [6.45, 7) is 2.15. The standard InChI is InChI=1S/C7H18N3/c1-5-6(8-2)7(9-3)10-4/h6,8-10H,5H2,1-4H3. The fourth-order valence-electron chi connectivity index (χ4n) is 1.03. The molecule has 0 aliphatic rings. The minimum atomic E-state index is 0.426. The fourth-order valence-corrected chi connectivity index (χ4v) is 1.03. The van der Waals surface area contributed by atoms with Crippen LogP contribution in [0.4, 0.5) is 0 Å². The number of likely N-dealkylation sites (N-methyl/N-ethyl adjacent to an activating group) is 3. The molecule has 0 amide bonds. The maximum atomic E-state index is 3.19. The Morgan fingerprint density at radius 2 is 1.70 bits per heavy atom. The predicted molar refractivity (Wildman–Crippen MR) is 44.5 cm³/mol. The van der Waals surface area contributed by atoms with E-state index in [4.69, 9.17) is 0 Å². The van der Waals surface area contributed by atoms with Crippen molar-refractivity contribution in [3.63, 3.8) is 0 Å². The molecule has 0 fully saturated rings. The van der Waals surface area contributed by atoms with Gasteiger partial charge in [0.25, 0.3) is 0 Å². The molecule has 0 rings (SSSR count). The van der Waals surface area contributed by atoms with E-state index in [9.17, 15) is 0 Å². The number of nitrogens with one attached hydrogen (secondary N) is 3. The van der Waals surface area contributed by atoms with Crippen LogP contribution < -0.4 is 16.0 Å². The average molecular weight is 144 g/mol. The zero-order valence-electron chi connectivity index (χ0n) is 7.28. The van der Waals surface area contributed by atoms with Gasteiger partial charge in [-0.2, -0.15) is 0 Å². The third-order valence-corrected chi connectivity index (χ3v) is 1.64. The highest BCUT2D eigenvalue weighted by Gasteiger charge is 2.14. The summed E-state index contributed by atoms with van der Waals surface area (Å²) in [5, 5.41) is 9.39. The Labute approximate surface area is 63.6 Å². The Morgan fingerprint density at radius 1 is 1.20 bits per heavy atom. The second-order valence-electron chi connectivity index (χ2n) is 2.16. The minimum Gasteiger partial charge on any atom is -0.314 e. The molecule has 0 aliphatic heterocycles. The van der Waals surface area contributed by atoms with E-state index in [2.05, 4.69) is 22.9 Å². The normalized spacial score (nSPS) is 14.1. The van der Waals surface area contributed by atoms with E-state index in [1.165, 1.54) is 0 Å². The zero-order valence-corrected chi connectivity index (χ0v) is 7.28. The zero-order chi connectivity index (χ0) is 7.98. The number of hydrogen-bond donors (Lipinski definition) is 3. The molecule has 0 spiro atoms. The minimum absolute atomic E-state index is 0.426. The second kappa shape index (κ2) is 5.65. The molecule has 0 aromatic heterocycles. The van der Waals surface area contributed by atoms with Gasteiger partial charge in [-0.15, -0.1) is 0 Å². The third-order valence-electron chi connectivity index (χ3n) is 1.64. The van der Waals surface area contributed by atoms with Gasteiger partial charge < -0.3 is 5.32 Å². The van der Waals surface area contributed by atoms with Crippen LogP contribution in [-0.2, 0) is 0 Å². The first kappa shape index (κ1) is 9.88. The lowest BCUT2D eigenvalue weighted by atomic mass is 10.2. The van der Waals surface area contributed by atoms with Gasteiger partial charge in [-0.1, -0.05) is 6.92 Å². The van der Waals surface area contributed by atoms with Gasteiger partial charge >= 0.3 is 0 Å². The topological polar surface area (TPSA) is 36.1 Å². The highest BCUT2D eigenvalue weighted by atomic mass is 15.1. The lowest BCUT2D eigenvalue weighted by molar-refractivity contribution is 0.467. The Kier molecular flexibility index (Phi) is 5.58. The summed E-state index contributed by atoms with van der Waals surface area (Å²) >= 11 is 0. The van der Waals surface area contributed by atoms with Crippen LogP contribution >= 0.6 is 0 Å². The van der Waals surface area contributed by atoms with E-state index in [-0.39, 0.29) is 0 Å². The molecule has 10 heavy (non-hydrogen) atoms. The van der Waals surface area contributed by atoms with Crippen molar-refractivity contribution in [1.29, 1.82) is 0 Å². The van der Waals surface area contributed by atoms with E-state index in [1.54, 1.807) is 0 Å². The fraction of sp³-hybridized carbons (Fsp3) is 0.857. The monoisotopic (exact) mass is 144 g/mol. The van der Waals surface area contributed by atoms with Crippen LogP contribution in [0.3, 0.4) is 0 Å². The molecule has 0 bridgehead atoms. The van der Waals surface area contributed by atoms with Gasteiger partial charge in [0.05, 0.1) is 0 Å². The first-order valence-corrected chi connectivity index (χ1v) is 3.69. The third kappa shape index (κ3) is 2.64. The SMILES string of the molecule is CCC(NC)[C](NC)NC. The molecule has 3 nitrogen and oxygen atoms in total. The van der Waals surface area contributed by atoms with Crippen molar-refractivity contribution in [1.82, 2.24) is 16.0 Å². The van der Waals surface area contributed by atoms with Crippen LogP contribution in [0.25, 0.3) is 0 Å². The lowest BCUT2D eigenvalue weighted by Gasteiger charge is -2.23.